The normalized spacial score (nSPS) is 27.6. The summed E-state index contributed by atoms with van der Waals surface area (Å²) < 4.78 is 40.1. The molecule has 1 aliphatic heterocycles. The van der Waals surface area contributed by atoms with Crippen molar-refractivity contribution in [2.45, 2.75) is 68.3 Å². The average molecular weight is 716 g/mol. The second kappa shape index (κ2) is 13.9. The number of ether oxygens (including phenoxy) is 2. The Morgan fingerprint density at radius 1 is 1.04 bits per heavy atom. The van der Waals surface area contributed by atoms with Crippen molar-refractivity contribution < 1.29 is 32.3 Å². The molecule has 1 unspecified atom stereocenters. The number of hydrogen-bond acceptors (Lipinski definition) is 9. The third kappa shape index (κ3) is 7.18. The summed E-state index contributed by atoms with van der Waals surface area (Å²) in [6, 6.07) is 17.2. The first kappa shape index (κ1) is 34.9. The molecular formula is C38H45N5O7S. The smallest absolute Gasteiger partial charge is 0.259 e. The molecule has 1 aromatic heterocycles. The summed E-state index contributed by atoms with van der Waals surface area (Å²) in [5.41, 5.74) is 0.885. The first-order valence-corrected chi connectivity index (χ1v) is 19.3. The molecule has 0 saturated heterocycles. The van der Waals surface area contributed by atoms with Gasteiger partial charge in [0.25, 0.3) is 5.91 Å². The fraction of sp³-hybridized carbons (Fsp3) is 0.474. The van der Waals surface area contributed by atoms with E-state index in [2.05, 4.69) is 10.0 Å². The Balaban J connectivity index is 1.22. The second-order valence-electron chi connectivity index (χ2n) is 14.4. The molecule has 2 heterocycles. The molecule has 5 atom stereocenters. The Morgan fingerprint density at radius 3 is 2.53 bits per heavy atom. The topological polar surface area (TPSA) is 147 Å². The van der Waals surface area contributed by atoms with E-state index in [0.717, 1.165) is 30.2 Å². The maximum Gasteiger partial charge on any atom is 0.259 e. The zero-order valence-electron chi connectivity index (χ0n) is 29.2. The Morgan fingerprint density at radius 2 is 1.80 bits per heavy atom. The van der Waals surface area contributed by atoms with Gasteiger partial charge in [-0.1, -0.05) is 42.5 Å². The third-order valence-electron chi connectivity index (χ3n) is 10.6. The van der Waals surface area contributed by atoms with Crippen LogP contribution in [0.15, 0.2) is 66.7 Å². The molecule has 2 N–H and O–H groups in total. The maximum atomic E-state index is 14.3. The lowest BCUT2D eigenvalue weighted by Crippen LogP contribution is -2.55. The van der Waals surface area contributed by atoms with E-state index < -0.39 is 50.6 Å². The number of aromatic nitrogens is 1. The van der Waals surface area contributed by atoms with Gasteiger partial charge < -0.3 is 14.8 Å². The van der Waals surface area contributed by atoms with Crippen molar-refractivity contribution in [2.75, 3.05) is 27.7 Å². The quantitative estimate of drug-likeness (QED) is 0.328. The molecule has 3 aromatic rings. The van der Waals surface area contributed by atoms with Gasteiger partial charge in [-0.2, -0.15) is 0 Å². The molecule has 270 valence electrons. The van der Waals surface area contributed by atoms with Crippen LogP contribution in [0.1, 0.15) is 51.4 Å². The number of pyridine rings is 1. The van der Waals surface area contributed by atoms with Crippen molar-refractivity contribution >= 4 is 38.6 Å². The average Bonchev–Trinajstić information content (AvgIpc) is 4.04. The highest BCUT2D eigenvalue weighted by Gasteiger charge is 2.62. The molecule has 13 heteroatoms. The molecule has 0 bridgehead atoms. The lowest BCUT2D eigenvalue weighted by molar-refractivity contribution is -0.153. The van der Waals surface area contributed by atoms with Crippen LogP contribution in [-0.2, 0) is 24.4 Å². The predicted molar refractivity (Wildman–Crippen MR) is 192 cm³/mol. The molecule has 3 fully saturated rings. The maximum absolute atomic E-state index is 14.3. The fourth-order valence-corrected chi connectivity index (χ4v) is 8.81. The van der Waals surface area contributed by atoms with Crippen LogP contribution < -0.4 is 19.5 Å². The summed E-state index contributed by atoms with van der Waals surface area (Å²) in [6.07, 6.45) is 7.49. The molecule has 0 spiro atoms. The first-order chi connectivity index (χ1) is 24.5. The van der Waals surface area contributed by atoms with Crippen LogP contribution in [0.4, 0.5) is 0 Å². The molecule has 51 heavy (non-hydrogen) atoms. The van der Waals surface area contributed by atoms with Crippen LogP contribution >= 0.6 is 0 Å². The van der Waals surface area contributed by atoms with Crippen LogP contribution in [0.2, 0.25) is 0 Å². The Labute approximate surface area is 298 Å². The number of hydrogen-bond donors (Lipinski definition) is 2. The Hall–Kier alpha value is -4.49. The number of amides is 3. The van der Waals surface area contributed by atoms with Gasteiger partial charge in [0.15, 0.2) is 0 Å². The van der Waals surface area contributed by atoms with Gasteiger partial charge in [-0.3, -0.25) is 24.1 Å². The summed E-state index contributed by atoms with van der Waals surface area (Å²) in [5, 5.41) is 6.60. The molecule has 4 aliphatic rings. The fourth-order valence-electron chi connectivity index (χ4n) is 7.45. The molecule has 3 amide bonds. The summed E-state index contributed by atoms with van der Waals surface area (Å²) in [5.74, 6) is -2.04. The third-order valence-corrected chi connectivity index (χ3v) is 12.4. The number of methoxy groups -OCH3 is 1. The van der Waals surface area contributed by atoms with Gasteiger partial charge in [0, 0.05) is 49.6 Å². The van der Waals surface area contributed by atoms with Gasteiger partial charge >= 0.3 is 0 Å². The molecule has 12 nitrogen and oxygen atoms in total. The van der Waals surface area contributed by atoms with Crippen LogP contribution in [0.5, 0.6) is 11.5 Å². The zero-order chi connectivity index (χ0) is 35.9. The number of hydrazine groups is 1. The van der Waals surface area contributed by atoms with E-state index in [-0.39, 0.29) is 31.1 Å². The molecule has 2 aromatic carbocycles. The summed E-state index contributed by atoms with van der Waals surface area (Å²) in [4.78, 5) is 47.2. The minimum Gasteiger partial charge on any atom is -0.497 e. The van der Waals surface area contributed by atoms with E-state index >= 15 is 0 Å². The number of nitrogens with zero attached hydrogens (tertiary/aromatic N) is 3. The first-order valence-electron chi connectivity index (χ1n) is 17.7. The number of carbonyl (C=O) groups excluding carboxylic acids is 3. The van der Waals surface area contributed by atoms with Gasteiger partial charge in [0.1, 0.15) is 23.1 Å². The number of fused-ring (bicyclic) bond motifs is 3. The number of benzene rings is 2. The second-order valence-corrected chi connectivity index (χ2v) is 16.3. The Kier molecular flexibility index (Phi) is 9.53. The van der Waals surface area contributed by atoms with Crippen molar-refractivity contribution in [2.24, 2.45) is 17.8 Å². The van der Waals surface area contributed by atoms with Gasteiger partial charge in [0.2, 0.25) is 21.8 Å². The van der Waals surface area contributed by atoms with Gasteiger partial charge in [0.05, 0.1) is 35.4 Å². The van der Waals surface area contributed by atoms with E-state index in [1.54, 1.807) is 17.1 Å². The lowest BCUT2D eigenvalue weighted by atomic mass is 9.93. The van der Waals surface area contributed by atoms with Crippen molar-refractivity contribution in [3.63, 3.8) is 0 Å². The minimum atomic E-state index is -3.83. The molecular weight excluding hydrogens is 671 g/mol. The molecule has 7 rings (SSSR count). The SMILES string of the molecule is COc1ccc2c(O[C@@H]3C[C@H]4C(=O)N[C@]5(C(=O)NS(=O)(=O)C6CC6)CC5/C=C\CCCCN(N(C)C)C(=O)[C@@H]4C3)cc(-c3ccccc3)nc2c1. The summed E-state index contributed by atoms with van der Waals surface area (Å²) in [6.45, 7) is 0.502. The standard InChI is InChI=1S/C38H45N5O7S/c1-42(2)43-18-10-5-4-9-13-25-23-38(25,37(46)41-51(47,48)28-15-16-28)40-35(44)30-19-27(20-31(30)36(43)45)50-34-22-32(24-11-7-6-8-12-24)39-33-21-26(49-3)14-17-29(33)34/h6-9,11-14,17,21-22,25,27-28,30-31H,4-5,10,15-16,18-20,23H2,1-3H3,(H,40,44)(H,41,46)/b13-9-/t25?,27-,30-,31-,38-/m1/s1. The monoisotopic (exact) mass is 715 g/mol. The highest BCUT2D eigenvalue weighted by atomic mass is 32.2. The van der Waals surface area contributed by atoms with Gasteiger partial charge in [-0.25, -0.2) is 18.4 Å². The molecule has 3 aliphatic carbocycles. The van der Waals surface area contributed by atoms with Crippen molar-refractivity contribution in [3.8, 4) is 22.8 Å². The minimum absolute atomic E-state index is 0.185. The Bertz CT molecular complexity index is 1970. The molecule has 3 saturated carbocycles. The summed E-state index contributed by atoms with van der Waals surface area (Å²) >= 11 is 0. The van der Waals surface area contributed by atoms with E-state index in [9.17, 15) is 22.8 Å². The highest BCUT2D eigenvalue weighted by molar-refractivity contribution is 7.91. The number of nitrogens with one attached hydrogen (secondary N) is 2. The van der Waals surface area contributed by atoms with Crippen molar-refractivity contribution in [1.29, 1.82) is 0 Å². The number of allylic oxidation sites excluding steroid dienone is 1. The lowest BCUT2D eigenvalue weighted by Gasteiger charge is -2.33. The zero-order valence-corrected chi connectivity index (χ0v) is 30.0. The predicted octanol–water partition coefficient (Wildman–Crippen LogP) is 4.21. The number of rotatable bonds is 8. The van der Waals surface area contributed by atoms with E-state index in [1.165, 1.54) is 0 Å². The number of sulfonamides is 1. The van der Waals surface area contributed by atoms with Crippen molar-refractivity contribution in [1.82, 2.24) is 25.0 Å². The van der Waals surface area contributed by atoms with Gasteiger partial charge in [-0.05, 0) is 63.5 Å². The van der Waals surface area contributed by atoms with Crippen molar-refractivity contribution in [3.05, 3.63) is 66.7 Å². The van der Waals surface area contributed by atoms with Gasteiger partial charge in [-0.15, -0.1) is 0 Å². The van der Waals surface area contributed by atoms with E-state index in [0.29, 0.717) is 42.1 Å². The van der Waals surface area contributed by atoms with Crippen LogP contribution in [0.3, 0.4) is 0 Å². The van der Waals surface area contributed by atoms with Crippen LogP contribution in [-0.4, -0.2) is 85.8 Å². The van der Waals surface area contributed by atoms with Crippen LogP contribution in [0.25, 0.3) is 22.2 Å². The van der Waals surface area contributed by atoms with Crippen LogP contribution in [0, 0.1) is 17.8 Å². The van der Waals surface area contributed by atoms with E-state index in [4.69, 9.17) is 14.5 Å². The van der Waals surface area contributed by atoms with E-state index in [1.807, 2.05) is 80.8 Å². The largest absolute Gasteiger partial charge is 0.497 e. The highest BCUT2D eigenvalue weighted by Crippen LogP contribution is 2.47. The molecule has 0 radical (unpaired) electrons. The summed E-state index contributed by atoms with van der Waals surface area (Å²) in [7, 11) is 1.40. The number of carbonyl (C=O) groups is 3.